The van der Waals surface area contributed by atoms with E-state index in [-0.39, 0.29) is 22.2 Å². The first-order chi connectivity index (χ1) is 9.46. The molecule has 1 aromatic carbocycles. The molecule has 2 aromatic rings. The summed E-state index contributed by atoms with van der Waals surface area (Å²) in [5.41, 5.74) is 0.625. The zero-order chi connectivity index (χ0) is 14.8. The summed E-state index contributed by atoms with van der Waals surface area (Å²) in [4.78, 5) is 2.67. The van der Waals surface area contributed by atoms with E-state index in [0.717, 1.165) is 0 Å². The molecule has 2 rings (SSSR count). The molecule has 0 radical (unpaired) electrons. The number of aliphatic hydroxyl groups excluding tert-OH is 1. The number of halogens is 1. The number of hydrogen-bond acceptors (Lipinski definition) is 4. The minimum Gasteiger partial charge on any atom is -0.497 e. The van der Waals surface area contributed by atoms with Crippen molar-refractivity contribution < 1.29 is 18.3 Å². The highest BCUT2D eigenvalue weighted by Gasteiger charge is 2.17. The normalized spacial score (nSPS) is 11.3. The summed E-state index contributed by atoms with van der Waals surface area (Å²) in [7, 11) is -2.31. The second kappa shape index (κ2) is 5.74. The molecule has 0 fully saturated rings. The van der Waals surface area contributed by atoms with Crippen LogP contribution in [0.3, 0.4) is 0 Å². The SMILES string of the molecule is COc1ccc(Cl)c(NS(=O)(=O)c2c[nH]c(CO)c2)c1. The average molecular weight is 317 g/mol. The number of aromatic amines is 1. The number of hydrogen-bond donors (Lipinski definition) is 3. The van der Waals surface area contributed by atoms with Crippen LogP contribution >= 0.6 is 11.6 Å². The van der Waals surface area contributed by atoms with Crippen molar-refractivity contribution in [2.24, 2.45) is 0 Å². The van der Waals surface area contributed by atoms with Crippen molar-refractivity contribution in [1.82, 2.24) is 4.98 Å². The van der Waals surface area contributed by atoms with Crippen LogP contribution in [0.15, 0.2) is 35.4 Å². The van der Waals surface area contributed by atoms with Crippen molar-refractivity contribution in [3.63, 3.8) is 0 Å². The number of rotatable bonds is 5. The quantitative estimate of drug-likeness (QED) is 0.786. The Labute approximate surface area is 121 Å². The maximum absolute atomic E-state index is 12.2. The predicted molar refractivity (Wildman–Crippen MR) is 75.5 cm³/mol. The number of aromatic nitrogens is 1. The van der Waals surface area contributed by atoms with Gasteiger partial charge in [0, 0.05) is 18.0 Å². The fourth-order valence-corrected chi connectivity index (χ4v) is 2.89. The minimum atomic E-state index is -3.78. The topological polar surface area (TPSA) is 91.4 Å². The number of H-pyrrole nitrogens is 1. The number of anilines is 1. The molecule has 0 unspecified atom stereocenters. The molecule has 1 heterocycles. The van der Waals surface area contributed by atoms with Gasteiger partial charge >= 0.3 is 0 Å². The average Bonchev–Trinajstić information content (AvgIpc) is 2.91. The summed E-state index contributed by atoms with van der Waals surface area (Å²) in [6, 6.07) is 5.99. The van der Waals surface area contributed by atoms with Gasteiger partial charge < -0.3 is 14.8 Å². The molecule has 0 aliphatic carbocycles. The number of benzene rings is 1. The van der Waals surface area contributed by atoms with Gasteiger partial charge in [-0.1, -0.05) is 11.6 Å². The highest BCUT2D eigenvalue weighted by Crippen LogP contribution is 2.28. The molecule has 0 aliphatic rings. The molecule has 3 N–H and O–H groups in total. The standard InChI is InChI=1S/C12H13ClN2O4S/c1-19-9-2-3-11(13)12(5-9)15-20(17,18)10-4-8(7-16)14-6-10/h2-6,14-16H,7H2,1H3. The van der Waals surface area contributed by atoms with Crippen LogP contribution in [0.25, 0.3) is 0 Å². The van der Waals surface area contributed by atoms with Crippen molar-refractivity contribution in [2.45, 2.75) is 11.5 Å². The molecule has 6 nitrogen and oxygen atoms in total. The molecule has 1 aromatic heterocycles. The summed E-state index contributed by atoms with van der Waals surface area (Å²) >= 11 is 5.95. The highest BCUT2D eigenvalue weighted by molar-refractivity contribution is 7.92. The second-order valence-electron chi connectivity index (χ2n) is 3.97. The lowest BCUT2D eigenvalue weighted by molar-refractivity contribution is 0.277. The molecular formula is C12H13ClN2O4S. The monoisotopic (exact) mass is 316 g/mol. The summed E-state index contributed by atoms with van der Waals surface area (Å²) < 4.78 is 31.7. The first-order valence-electron chi connectivity index (χ1n) is 5.61. The Kier molecular flexibility index (Phi) is 4.22. The van der Waals surface area contributed by atoms with E-state index in [2.05, 4.69) is 9.71 Å². The van der Waals surface area contributed by atoms with Crippen LogP contribution in [0, 0.1) is 0 Å². The van der Waals surface area contributed by atoms with Crippen LogP contribution in [-0.2, 0) is 16.6 Å². The zero-order valence-electron chi connectivity index (χ0n) is 10.6. The van der Waals surface area contributed by atoms with Crippen molar-refractivity contribution >= 4 is 27.3 Å². The Bertz CT molecular complexity index is 712. The van der Waals surface area contributed by atoms with Gasteiger partial charge in [0.15, 0.2) is 0 Å². The molecule has 0 saturated heterocycles. The van der Waals surface area contributed by atoms with Gasteiger partial charge in [-0.15, -0.1) is 0 Å². The van der Waals surface area contributed by atoms with E-state index in [0.29, 0.717) is 11.4 Å². The molecule has 0 aliphatic heterocycles. The maximum atomic E-state index is 12.2. The summed E-state index contributed by atoms with van der Waals surface area (Å²) in [6.07, 6.45) is 1.29. The van der Waals surface area contributed by atoms with Gasteiger partial charge in [0.25, 0.3) is 10.0 Å². The fraction of sp³-hybridized carbons (Fsp3) is 0.167. The van der Waals surface area contributed by atoms with Crippen LogP contribution in [-0.4, -0.2) is 25.6 Å². The number of sulfonamides is 1. The smallest absolute Gasteiger partial charge is 0.263 e. The van der Waals surface area contributed by atoms with E-state index in [4.69, 9.17) is 21.4 Å². The Balaban J connectivity index is 2.32. The molecule has 0 atom stereocenters. The number of methoxy groups -OCH3 is 1. The summed E-state index contributed by atoms with van der Waals surface area (Å²) in [6.45, 7) is -0.268. The van der Waals surface area contributed by atoms with Gasteiger partial charge in [0.1, 0.15) is 10.6 Å². The lowest BCUT2D eigenvalue weighted by Gasteiger charge is -2.09. The van der Waals surface area contributed by atoms with Gasteiger partial charge in [-0.3, -0.25) is 4.72 Å². The molecule has 0 amide bonds. The fourth-order valence-electron chi connectivity index (χ4n) is 1.58. The van der Waals surface area contributed by atoms with E-state index in [1.807, 2.05) is 0 Å². The Morgan fingerprint density at radius 1 is 1.40 bits per heavy atom. The lowest BCUT2D eigenvalue weighted by atomic mass is 10.3. The van der Waals surface area contributed by atoms with Crippen molar-refractivity contribution in [2.75, 3.05) is 11.8 Å². The molecular weight excluding hydrogens is 304 g/mol. The first-order valence-corrected chi connectivity index (χ1v) is 7.47. The van der Waals surface area contributed by atoms with E-state index in [1.165, 1.54) is 31.5 Å². The Morgan fingerprint density at radius 3 is 2.75 bits per heavy atom. The van der Waals surface area contributed by atoms with Crippen LogP contribution in [0.4, 0.5) is 5.69 Å². The van der Waals surface area contributed by atoms with Crippen LogP contribution in [0.1, 0.15) is 5.69 Å². The lowest BCUT2D eigenvalue weighted by Crippen LogP contribution is -2.12. The van der Waals surface area contributed by atoms with Crippen LogP contribution in [0.2, 0.25) is 5.02 Å². The second-order valence-corrected chi connectivity index (χ2v) is 6.06. The third kappa shape index (κ3) is 3.06. The number of ether oxygens (including phenoxy) is 1. The molecule has 0 bridgehead atoms. The number of aliphatic hydroxyl groups is 1. The van der Waals surface area contributed by atoms with E-state index in [1.54, 1.807) is 6.07 Å². The van der Waals surface area contributed by atoms with Gasteiger partial charge in [-0.05, 0) is 18.2 Å². The molecule has 8 heteroatoms. The molecule has 20 heavy (non-hydrogen) atoms. The highest BCUT2D eigenvalue weighted by atomic mass is 35.5. The van der Waals surface area contributed by atoms with Crippen molar-refractivity contribution in [1.29, 1.82) is 0 Å². The zero-order valence-corrected chi connectivity index (χ0v) is 12.1. The summed E-state index contributed by atoms with van der Waals surface area (Å²) in [5, 5.41) is 9.19. The van der Waals surface area contributed by atoms with Crippen molar-refractivity contribution in [3.05, 3.63) is 41.2 Å². The van der Waals surface area contributed by atoms with Gasteiger partial charge in [0.2, 0.25) is 0 Å². The molecule has 108 valence electrons. The maximum Gasteiger partial charge on any atom is 0.263 e. The third-order valence-electron chi connectivity index (χ3n) is 2.61. The molecule has 0 saturated carbocycles. The van der Waals surface area contributed by atoms with E-state index >= 15 is 0 Å². The van der Waals surface area contributed by atoms with Crippen LogP contribution in [0.5, 0.6) is 5.75 Å². The largest absolute Gasteiger partial charge is 0.497 e. The minimum absolute atomic E-state index is 0.0143. The summed E-state index contributed by atoms with van der Waals surface area (Å²) in [5.74, 6) is 0.484. The van der Waals surface area contributed by atoms with Gasteiger partial charge in [-0.2, -0.15) is 0 Å². The third-order valence-corrected chi connectivity index (χ3v) is 4.29. The van der Waals surface area contributed by atoms with E-state index in [9.17, 15) is 8.42 Å². The Morgan fingerprint density at radius 2 is 2.15 bits per heavy atom. The predicted octanol–water partition coefficient (Wildman–Crippen LogP) is 1.97. The first kappa shape index (κ1) is 14.7. The van der Waals surface area contributed by atoms with Crippen LogP contribution < -0.4 is 9.46 Å². The Hall–Kier alpha value is -1.70. The number of nitrogens with one attached hydrogen (secondary N) is 2. The van der Waals surface area contributed by atoms with Gasteiger partial charge in [0.05, 0.1) is 24.4 Å². The molecule has 0 spiro atoms. The van der Waals surface area contributed by atoms with Gasteiger partial charge in [-0.25, -0.2) is 8.42 Å². The van der Waals surface area contributed by atoms with E-state index < -0.39 is 10.0 Å². The van der Waals surface area contributed by atoms with Crippen molar-refractivity contribution in [3.8, 4) is 5.75 Å².